The van der Waals surface area contributed by atoms with E-state index in [9.17, 15) is 18.0 Å². The van der Waals surface area contributed by atoms with E-state index >= 15 is 0 Å². The van der Waals surface area contributed by atoms with E-state index in [2.05, 4.69) is 15.6 Å². The molecule has 2 rings (SSSR count). The Bertz CT molecular complexity index is 705. The van der Waals surface area contributed by atoms with Gasteiger partial charge in [-0.3, -0.25) is 9.78 Å². The van der Waals surface area contributed by atoms with Crippen LogP contribution in [0.4, 0.5) is 24.5 Å². The molecule has 0 saturated heterocycles. The molecule has 0 atom stereocenters. The standard InChI is InChI=1S/C16H16F3N3O2/c1-24-8-7-21-15(23)14-10-13(5-6-20-14)22-12-4-2-3-11(9-12)16(17,18)19/h2-6,9-10H,7-8H2,1H3,(H,20,22)(H,21,23). The molecule has 0 unspecified atom stereocenters. The first kappa shape index (κ1) is 17.7. The van der Waals surface area contributed by atoms with Crippen molar-refractivity contribution in [1.82, 2.24) is 10.3 Å². The third-order valence-electron chi connectivity index (χ3n) is 3.06. The number of anilines is 2. The van der Waals surface area contributed by atoms with Crippen LogP contribution in [0.1, 0.15) is 16.1 Å². The Kier molecular flexibility index (Phi) is 5.75. The number of carbonyl (C=O) groups excluding carboxylic acids is 1. The largest absolute Gasteiger partial charge is 0.416 e. The number of rotatable bonds is 6. The normalized spacial score (nSPS) is 11.2. The summed E-state index contributed by atoms with van der Waals surface area (Å²) in [6, 6.07) is 7.83. The van der Waals surface area contributed by atoms with Crippen LogP contribution in [0.3, 0.4) is 0 Å². The lowest BCUT2D eigenvalue weighted by atomic mass is 10.2. The average Bonchev–Trinajstić information content (AvgIpc) is 2.55. The minimum atomic E-state index is -4.41. The molecule has 1 aromatic carbocycles. The zero-order valence-corrected chi connectivity index (χ0v) is 12.9. The lowest BCUT2D eigenvalue weighted by Gasteiger charge is -2.11. The second kappa shape index (κ2) is 7.78. The Labute approximate surface area is 136 Å². The first-order valence-electron chi connectivity index (χ1n) is 7.07. The van der Waals surface area contributed by atoms with E-state index in [0.717, 1.165) is 12.1 Å². The molecule has 0 fully saturated rings. The maximum absolute atomic E-state index is 12.7. The number of benzene rings is 1. The van der Waals surface area contributed by atoms with Gasteiger partial charge in [0.1, 0.15) is 5.69 Å². The summed E-state index contributed by atoms with van der Waals surface area (Å²) in [4.78, 5) is 15.8. The smallest absolute Gasteiger partial charge is 0.383 e. The number of ether oxygens (including phenoxy) is 1. The Morgan fingerprint density at radius 2 is 1.96 bits per heavy atom. The molecule has 1 amide bonds. The SMILES string of the molecule is COCCNC(=O)c1cc(Nc2cccc(C(F)(F)F)c2)ccn1. The summed E-state index contributed by atoms with van der Waals surface area (Å²) < 4.78 is 43.0. The Balaban J connectivity index is 2.11. The van der Waals surface area contributed by atoms with E-state index in [4.69, 9.17) is 4.74 Å². The number of carbonyl (C=O) groups is 1. The van der Waals surface area contributed by atoms with Crippen molar-refractivity contribution in [2.75, 3.05) is 25.6 Å². The van der Waals surface area contributed by atoms with Gasteiger partial charge in [0, 0.05) is 31.2 Å². The van der Waals surface area contributed by atoms with Crippen LogP contribution in [0.15, 0.2) is 42.6 Å². The average molecular weight is 339 g/mol. The van der Waals surface area contributed by atoms with Crippen LogP contribution in [-0.4, -0.2) is 31.2 Å². The molecule has 0 aliphatic carbocycles. The van der Waals surface area contributed by atoms with Crippen LogP contribution in [0, 0.1) is 0 Å². The van der Waals surface area contributed by atoms with Gasteiger partial charge in [0.15, 0.2) is 0 Å². The van der Waals surface area contributed by atoms with Gasteiger partial charge < -0.3 is 15.4 Å². The number of nitrogens with one attached hydrogen (secondary N) is 2. The molecule has 0 spiro atoms. The van der Waals surface area contributed by atoms with Crippen molar-refractivity contribution < 1.29 is 22.7 Å². The molecule has 0 aliphatic rings. The fraction of sp³-hybridized carbons (Fsp3) is 0.250. The Morgan fingerprint density at radius 1 is 1.21 bits per heavy atom. The van der Waals surface area contributed by atoms with Gasteiger partial charge in [-0.05, 0) is 30.3 Å². The maximum Gasteiger partial charge on any atom is 0.416 e. The Morgan fingerprint density at radius 3 is 2.67 bits per heavy atom. The monoisotopic (exact) mass is 339 g/mol. The van der Waals surface area contributed by atoms with Crippen LogP contribution in [-0.2, 0) is 10.9 Å². The van der Waals surface area contributed by atoms with Gasteiger partial charge in [-0.25, -0.2) is 0 Å². The van der Waals surface area contributed by atoms with E-state index in [1.807, 2.05) is 0 Å². The summed E-state index contributed by atoms with van der Waals surface area (Å²) in [5, 5.41) is 5.45. The van der Waals surface area contributed by atoms with Gasteiger partial charge in [0.2, 0.25) is 0 Å². The fourth-order valence-electron chi connectivity index (χ4n) is 1.93. The molecule has 5 nitrogen and oxygen atoms in total. The van der Waals surface area contributed by atoms with Crippen molar-refractivity contribution in [2.24, 2.45) is 0 Å². The molecular weight excluding hydrogens is 323 g/mol. The highest BCUT2D eigenvalue weighted by Crippen LogP contribution is 2.31. The van der Waals surface area contributed by atoms with Crippen molar-refractivity contribution in [3.05, 3.63) is 53.9 Å². The molecule has 1 heterocycles. The lowest BCUT2D eigenvalue weighted by molar-refractivity contribution is -0.137. The second-order valence-corrected chi connectivity index (χ2v) is 4.88. The van der Waals surface area contributed by atoms with Gasteiger partial charge in [0.05, 0.1) is 12.2 Å². The predicted octanol–water partition coefficient (Wildman–Crippen LogP) is 3.22. The van der Waals surface area contributed by atoms with Crippen LogP contribution in [0.5, 0.6) is 0 Å². The minimum absolute atomic E-state index is 0.156. The number of hydrogen-bond acceptors (Lipinski definition) is 4. The first-order chi connectivity index (χ1) is 11.4. The van der Waals surface area contributed by atoms with Crippen molar-refractivity contribution >= 4 is 17.3 Å². The van der Waals surface area contributed by atoms with Crippen molar-refractivity contribution in [2.45, 2.75) is 6.18 Å². The molecule has 0 saturated carbocycles. The summed E-state index contributed by atoms with van der Waals surface area (Å²) >= 11 is 0. The molecule has 128 valence electrons. The van der Waals surface area contributed by atoms with E-state index in [1.54, 1.807) is 6.07 Å². The summed E-state index contributed by atoms with van der Waals surface area (Å²) in [6.45, 7) is 0.705. The van der Waals surface area contributed by atoms with Crippen molar-refractivity contribution in [3.63, 3.8) is 0 Å². The van der Waals surface area contributed by atoms with Gasteiger partial charge in [-0.15, -0.1) is 0 Å². The maximum atomic E-state index is 12.7. The molecule has 8 heteroatoms. The number of alkyl halides is 3. The number of methoxy groups -OCH3 is 1. The summed E-state index contributed by atoms with van der Waals surface area (Å²) in [6.07, 6.45) is -3.01. The van der Waals surface area contributed by atoms with Gasteiger partial charge in [-0.1, -0.05) is 6.07 Å². The van der Waals surface area contributed by atoms with E-state index in [1.165, 1.54) is 31.5 Å². The topological polar surface area (TPSA) is 63.2 Å². The molecular formula is C16H16F3N3O2. The predicted molar refractivity (Wildman–Crippen MR) is 83.2 cm³/mol. The van der Waals surface area contributed by atoms with Crippen molar-refractivity contribution in [3.8, 4) is 0 Å². The highest BCUT2D eigenvalue weighted by Gasteiger charge is 2.30. The van der Waals surface area contributed by atoms with Crippen LogP contribution in [0.25, 0.3) is 0 Å². The minimum Gasteiger partial charge on any atom is -0.383 e. The number of pyridine rings is 1. The van der Waals surface area contributed by atoms with Gasteiger partial charge in [0.25, 0.3) is 5.91 Å². The van der Waals surface area contributed by atoms with Gasteiger partial charge in [-0.2, -0.15) is 13.2 Å². The number of hydrogen-bond donors (Lipinski definition) is 2. The zero-order chi connectivity index (χ0) is 17.6. The molecule has 2 aromatic rings. The van der Waals surface area contributed by atoms with Crippen LogP contribution >= 0.6 is 0 Å². The molecule has 2 N–H and O–H groups in total. The second-order valence-electron chi connectivity index (χ2n) is 4.88. The highest BCUT2D eigenvalue weighted by molar-refractivity contribution is 5.93. The fourth-order valence-corrected chi connectivity index (χ4v) is 1.93. The number of nitrogens with zero attached hydrogens (tertiary/aromatic N) is 1. The number of aromatic nitrogens is 1. The van der Waals surface area contributed by atoms with Crippen molar-refractivity contribution in [1.29, 1.82) is 0 Å². The van der Waals surface area contributed by atoms with Crippen LogP contribution < -0.4 is 10.6 Å². The third-order valence-corrected chi connectivity index (χ3v) is 3.06. The summed E-state index contributed by atoms with van der Waals surface area (Å²) in [5.74, 6) is -0.389. The molecule has 24 heavy (non-hydrogen) atoms. The van der Waals surface area contributed by atoms with E-state index in [0.29, 0.717) is 18.8 Å². The lowest BCUT2D eigenvalue weighted by Crippen LogP contribution is -2.27. The zero-order valence-electron chi connectivity index (χ0n) is 12.9. The molecule has 0 aliphatic heterocycles. The quantitative estimate of drug-likeness (QED) is 0.793. The molecule has 1 aromatic heterocycles. The van der Waals surface area contributed by atoms with Gasteiger partial charge >= 0.3 is 6.18 Å². The Hall–Kier alpha value is -2.61. The van der Waals surface area contributed by atoms with Crippen LogP contribution in [0.2, 0.25) is 0 Å². The number of amides is 1. The first-order valence-corrected chi connectivity index (χ1v) is 7.07. The molecule has 0 radical (unpaired) electrons. The third kappa shape index (κ3) is 4.95. The van der Waals surface area contributed by atoms with E-state index < -0.39 is 11.7 Å². The molecule has 0 bridgehead atoms. The summed E-state index contributed by atoms with van der Waals surface area (Å²) in [7, 11) is 1.52. The van der Waals surface area contributed by atoms with E-state index in [-0.39, 0.29) is 17.3 Å². The number of halogens is 3. The summed E-state index contributed by atoms with van der Waals surface area (Å²) in [5.41, 5.74) is 0.130. The highest BCUT2D eigenvalue weighted by atomic mass is 19.4.